The quantitative estimate of drug-likeness (QED) is 0.823. The molecule has 0 radical (unpaired) electrons. The summed E-state index contributed by atoms with van der Waals surface area (Å²) >= 11 is 1.01. The lowest BCUT2D eigenvalue weighted by Gasteiger charge is -2.42. The van der Waals surface area contributed by atoms with Crippen molar-refractivity contribution in [3.8, 4) is 11.5 Å². The molecule has 0 N–H and O–H groups in total. The van der Waals surface area contributed by atoms with E-state index in [-0.39, 0.29) is 28.8 Å². The van der Waals surface area contributed by atoms with E-state index in [0.29, 0.717) is 30.2 Å². The minimum Gasteiger partial charge on any atom is -0.497 e. The Kier molecular flexibility index (Phi) is 4.16. The van der Waals surface area contributed by atoms with Gasteiger partial charge in [-0.05, 0) is 12.1 Å². The first kappa shape index (κ1) is 15.7. The van der Waals surface area contributed by atoms with Crippen molar-refractivity contribution in [2.45, 2.75) is 6.04 Å². The normalized spacial score (nSPS) is 18.2. The lowest BCUT2D eigenvalue weighted by atomic mass is 10.0. The Bertz CT molecular complexity index is 656. The van der Waals surface area contributed by atoms with Gasteiger partial charge in [-0.2, -0.15) is 0 Å². The number of thioether (sulfide) groups is 1. The Morgan fingerprint density at radius 3 is 2.52 bits per heavy atom. The van der Waals surface area contributed by atoms with E-state index >= 15 is 0 Å². The zero-order valence-electron chi connectivity index (χ0n) is 12.8. The van der Waals surface area contributed by atoms with Gasteiger partial charge in [0.1, 0.15) is 11.5 Å². The molecule has 1 aromatic carbocycles. The number of carbonyl (C=O) groups excluding carboxylic acids is 3. The summed E-state index contributed by atoms with van der Waals surface area (Å²) in [5, 5.41) is -0.228. The van der Waals surface area contributed by atoms with E-state index in [1.54, 1.807) is 30.2 Å². The maximum atomic E-state index is 12.5. The van der Waals surface area contributed by atoms with E-state index < -0.39 is 0 Å². The zero-order valence-corrected chi connectivity index (χ0v) is 13.6. The van der Waals surface area contributed by atoms with Crippen LogP contribution in [-0.2, 0) is 4.79 Å². The maximum Gasteiger partial charge on any atom is 0.289 e. The van der Waals surface area contributed by atoms with Crippen molar-refractivity contribution in [1.29, 1.82) is 0 Å². The van der Waals surface area contributed by atoms with Crippen molar-refractivity contribution in [2.24, 2.45) is 0 Å². The SMILES string of the molecule is COc1ccc(C(=O)N2CC(N3C(=O)CSC3=O)C2)c(OC)c1. The fraction of sp³-hybridized carbons (Fsp3) is 0.400. The number of benzene rings is 1. The Balaban J connectivity index is 1.69. The van der Waals surface area contributed by atoms with Crippen LogP contribution in [0.1, 0.15) is 10.4 Å². The minimum absolute atomic E-state index is 0.181. The highest BCUT2D eigenvalue weighted by molar-refractivity contribution is 8.14. The molecule has 3 amide bonds. The Morgan fingerprint density at radius 1 is 1.22 bits per heavy atom. The molecule has 0 aromatic heterocycles. The number of hydrogen-bond donors (Lipinski definition) is 0. The molecule has 2 aliphatic rings. The summed E-state index contributed by atoms with van der Waals surface area (Å²) in [4.78, 5) is 38.8. The Morgan fingerprint density at radius 2 is 1.96 bits per heavy atom. The predicted molar refractivity (Wildman–Crippen MR) is 83.9 cm³/mol. The summed E-state index contributed by atoms with van der Waals surface area (Å²) in [7, 11) is 3.03. The third-order valence-electron chi connectivity index (χ3n) is 3.94. The van der Waals surface area contributed by atoms with Crippen LogP contribution in [-0.4, -0.2) is 66.0 Å². The van der Waals surface area contributed by atoms with E-state index in [0.717, 1.165) is 11.8 Å². The largest absolute Gasteiger partial charge is 0.497 e. The van der Waals surface area contributed by atoms with Crippen molar-refractivity contribution in [2.75, 3.05) is 33.1 Å². The molecule has 3 rings (SSSR count). The first-order valence-corrected chi connectivity index (χ1v) is 8.04. The molecule has 1 aromatic rings. The van der Waals surface area contributed by atoms with Gasteiger partial charge < -0.3 is 14.4 Å². The van der Waals surface area contributed by atoms with Gasteiger partial charge in [0.25, 0.3) is 11.1 Å². The molecule has 23 heavy (non-hydrogen) atoms. The van der Waals surface area contributed by atoms with Gasteiger partial charge in [0, 0.05) is 19.2 Å². The van der Waals surface area contributed by atoms with E-state index in [1.165, 1.54) is 12.0 Å². The number of hydrogen-bond acceptors (Lipinski definition) is 6. The molecule has 2 fully saturated rings. The molecule has 2 heterocycles. The first-order valence-electron chi connectivity index (χ1n) is 7.05. The molecule has 0 bridgehead atoms. The number of amides is 3. The van der Waals surface area contributed by atoms with Crippen LogP contribution in [0.3, 0.4) is 0 Å². The Labute approximate surface area is 137 Å². The molecule has 8 heteroatoms. The average molecular weight is 336 g/mol. The van der Waals surface area contributed by atoms with Crippen molar-refractivity contribution in [3.05, 3.63) is 23.8 Å². The van der Waals surface area contributed by atoms with Gasteiger partial charge in [-0.15, -0.1) is 0 Å². The fourth-order valence-corrected chi connectivity index (χ4v) is 3.42. The first-order chi connectivity index (χ1) is 11.0. The lowest BCUT2D eigenvalue weighted by Crippen LogP contribution is -2.62. The summed E-state index contributed by atoms with van der Waals surface area (Å²) in [6, 6.07) is 4.76. The maximum absolute atomic E-state index is 12.5. The highest BCUT2D eigenvalue weighted by atomic mass is 32.2. The Hall–Kier alpha value is -2.22. The van der Waals surface area contributed by atoms with Gasteiger partial charge in [-0.3, -0.25) is 19.3 Å². The van der Waals surface area contributed by atoms with Crippen LogP contribution in [0.4, 0.5) is 4.79 Å². The van der Waals surface area contributed by atoms with Crippen LogP contribution in [0.25, 0.3) is 0 Å². The van der Waals surface area contributed by atoms with Crippen LogP contribution in [0.15, 0.2) is 18.2 Å². The molecule has 0 unspecified atom stereocenters. The number of ether oxygens (including phenoxy) is 2. The smallest absolute Gasteiger partial charge is 0.289 e. The number of methoxy groups -OCH3 is 2. The highest BCUT2D eigenvalue weighted by Gasteiger charge is 2.43. The standard InChI is InChI=1S/C15H16N2O5S/c1-21-10-3-4-11(12(5-10)22-2)14(19)16-6-9(7-16)17-13(18)8-23-15(17)20/h3-5,9H,6-8H2,1-2H3. The zero-order chi connectivity index (χ0) is 16.6. The molecule has 2 aliphatic heterocycles. The third kappa shape index (κ3) is 2.74. The second-order valence-electron chi connectivity index (χ2n) is 5.25. The third-order valence-corrected chi connectivity index (χ3v) is 4.77. The molecule has 0 aliphatic carbocycles. The second-order valence-corrected chi connectivity index (χ2v) is 6.18. The van der Waals surface area contributed by atoms with Gasteiger partial charge in [-0.1, -0.05) is 11.8 Å². The van der Waals surface area contributed by atoms with Gasteiger partial charge in [0.2, 0.25) is 5.91 Å². The topological polar surface area (TPSA) is 76.2 Å². The summed E-state index contributed by atoms with van der Waals surface area (Å²) < 4.78 is 10.4. The van der Waals surface area contributed by atoms with Crippen LogP contribution in [0.5, 0.6) is 11.5 Å². The number of nitrogens with zero attached hydrogens (tertiary/aromatic N) is 2. The summed E-state index contributed by atoms with van der Waals surface area (Å²) in [5.41, 5.74) is 0.431. The van der Waals surface area contributed by atoms with Crippen molar-refractivity contribution in [1.82, 2.24) is 9.80 Å². The van der Waals surface area contributed by atoms with Crippen LogP contribution in [0.2, 0.25) is 0 Å². The van der Waals surface area contributed by atoms with E-state index in [9.17, 15) is 14.4 Å². The number of likely N-dealkylation sites (tertiary alicyclic amines) is 1. The van der Waals surface area contributed by atoms with Crippen molar-refractivity contribution >= 4 is 28.8 Å². The van der Waals surface area contributed by atoms with E-state index in [1.807, 2.05) is 0 Å². The lowest BCUT2D eigenvalue weighted by molar-refractivity contribution is -0.128. The van der Waals surface area contributed by atoms with Crippen LogP contribution >= 0.6 is 11.8 Å². The fourth-order valence-electron chi connectivity index (χ4n) is 2.65. The van der Waals surface area contributed by atoms with Gasteiger partial charge in [0.05, 0.1) is 31.6 Å². The second kappa shape index (κ2) is 6.11. The van der Waals surface area contributed by atoms with Gasteiger partial charge in [0.15, 0.2) is 0 Å². The van der Waals surface area contributed by atoms with E-state index in [4.69, 9.17) is 9.47 Å². The number of carbonyl (C=O) groups is 3. The summed E-state index contributed by atoms with van der Waals surface area (Å²) in [6.07, 6.45) is 0. The van der Waals surface area contributed by atoms with Gasteiger partial charge >= 0.3 is 0 Å². The van der Waals surface area contributed by atoms with Gasteiger partial charge in [-0.25, -0.2) is 0 Å². The number of imide groups is 1. The monoisotopic (exact) mass is 336 g/mol. The predicted octanol–water partition coefficient (Wildman–Crippen LogP) is 1.22. The molecule has 7 nitrogen and oxygen atoms in total. The molecule has 122 valence electrons. The van der Waals surface area contributed by atoms with Crippen molar-refractivity contribution < 1.29 is 23.9 Å². The summed E-state index contributed by atoms with van der Waals surface area (Å²) in [6.45, 7) is 0.706. The molecular formula is C15H16N2O5S. The molecular weight excluding hydrogens is 320 g/mol. The molecule has 2 saturated heterocycles. The minimum atomic E-state index is -0.228. The highest BCUT2D eigenvalue weighted by Crippen LogP contribution is 2.30. The van der Waals surface area contributed by atoms with E-state index in [2.05, 4.69) is 0 Å². The number of rotatable bonds is 4. The van der Waals surface area contributed by atoms with Crippen LogP contribution in [0, 0.1) is 0 Å². The molecule has 0 spiro atoms. The molecule has 0 atom stereocenters. The van der Waals surface area contributed by atoms with Crippen molar-refractivity contribution in [3.63, 3.8) is 0 Å². The molecule has 0 saturated carbocycles. The average Bonchev–Trinajstić information content (AvgIpc) is 2.85. The van der Waals surface area contributed by atoms with Crippen LogP contribution < -0.4 is 9.47 Å². The summed E-state index contributed by atoms with van der Waals surface area (Å²) in [5.74, 6) is 0.855.